The molecule has 14 heavy (non-hydrogen) atoms. The normalized spacial score (nSPS) is 30.1. The van der Waals surface area contributed by atoms with Gasteiger partial charge in [0.2, 0.25) is 0 Å². The number of hydrogen-bond acceptors (Lipinski definition) is 3. The van der Waals surface area contributed by atoms with E-state index in [0.29, 0.717) is 18.1 Å². The monoisotopic (exact) mass is 219 g/mol. The van der Waals surface area contributed by atoms with Gasteiger partial charge in [0.15, 0.2) is 9.84 Å². The molecule has 2 N–H and O–H groups in total. The zero-order chi connectivity index (χ0) is 10.8. The van der Waals surface area contributed by atoms with Gasteiger partial charge >= 0.3 is 0 Å². The van der Waals surface area contributed by atoms with E-state index in [9.17, 15) is 8.42 Å². The summed E-state index contributed by atoms with van der Waals surface area (Å²) in [6.07, 6.45) is 2.91. The minimum Gasteiger partial charge on any atom is -0.330 e. The van der Waals surface area contributed by atoms with Crippen LogP contribution < -0.4 is 5.73 Å². The van der Waals surface area contributed by atoms with Gasteiger partial charge in [-0.1, -0.05) is 20.3 Å². The third kappa shape index (κ3) is 2.48. The molecule has 0 spiro atoms. The van der Waals surface area contributed by atoms with Crippen LogP contribution in [-0.2, 0) is 9.84 Å². The van der Waals surface area contributed by atoms with Crippen molar-refractivity contribution in [3.05, 3.63) is 0 Å². The van der Waals surface area contributed by atoms with E-state index < -0.39 is 9.84 Å². The van der Waals surface area contributed by atoms with Crippen molar-refractivity contribution >= 4 is 9.84 Å². The molecule has 1 aliphatic rings. The van der Waals surface area contributed by atoms with Crippen LogP contribution in [0.1, 0.15) is 33.1 Å². The molecule has 0 amide bonds. The van der Waals surface area contributed by atoms with Crippen LogP contribution in [0.15, 0.2) is 0 Å². The van der Waals surface area contributed by atoms with E-state index in [1.165, 1.54) is 0 Å². The second-order valence-electron chi connectivity index (χ2n) is 4.71. The molecule has 84 valence electrons. The van der Waals surface area contributed by atoms with Crippen LogP contribution in [0.25, 0.3) is 0 Å². The van der Waals surface area contributed by atoms with Crippen molar-refractivity contribution in [1.82, 2.24) is 0 Å². The maximum atomic E-state index is 11.4. The Balaban J connectivity index is 2.72. The molecule has 4 heteroatoms. The number of sulfone groups is 1. The van der Waals surface area contributed by atoms with Gasteiger partial charge in [-0.25, -0.2) is 8.42 Å². The van der Waals surface area contributed by atoms with Gasteiger partial charge < -0.3 is 5.73 Å². The molecule has 0 aliphatic carbocycles. The Labute approximate surface area is 87.0 Å². The average molecular weight is 219 g/mol. The van der Waals surface area contributed by atoms with E-state index in [1.807, 2.05) is 0 Å². The SMILES string of the molecule is CCCC(C)(CN)C1CCS(=O)(=O)C1. The van der Waals surface area contributed by atoms with E-state index >= 15 is 0 Å². The van der Waals surface area contributed by atoms with E-state index in [-0.39, 0.29) is 11.3 Å². The fourth-order valence-electron chi connectivity index (χ4n) is 2.39. The van der Waals surface area contributed by atoms with Gasteiger partial charge in [-0.05, 0) is 30.7 Å². The van der Waals surface area contributed by atoms with E-state index in [1.54, 1.807) is 0 Å². The maximum absolute atomic E-state index is 11.4. The molecule has 1 heterocycles. The second kappa shape index (κ2) is 4.19. The number of hydrogen-bond donors (Lipinski definition) is 1. The average Bonchev–Trinajstić information content (AvgIpc) is 2.47. The molecular weight excluding hydrogens is 198 g/mol. The standard InChI is InChI=1S/C10H21NO2S/c1-3-5-10(2,8-11)9-4-6-14(12,13)7-9/h9H,3-8,11H2,1-2H3. The van der Waals surface area contributed by atoms with Crippen molar-refractivity contribution in [3.8, 4) is 0 Å². The Bertz CT molecular complexity index is 286. The van der Waals surface area contributed by atoms with Gasteiger partial charge in [-0.15, -0.1) is 0 Å². The predicted octanol–water partition coefficient (Wildman–Crippen LogP) is 1.19. The molecule has 0 bridgehead atoms. The van der Waals surface area contributed by atoms with Crippen LogP contribution >= 0.6 is 0 Å². The summed E-state index contributed by atoms with van der Waals surface area (Å²) in [7, 11) is -2.76. The van der Waals surface area contributed by atoms with Crippen molar-refractivity contribution < 1.29 is 8.42 Å². The zero-order valence-corrected chi connectivity index (χ0v) is 9.94. The lowest BCUT2D eigenvalue weighted by Crippen LogP contribution is -2.35. The molecule has 3 nitrogen and oxygen atoms in total. The van der Waals surface area contributed by atoms with Gasteiger partial charge in [-0.3, -0.25) is 0 Å². The van der Waals surface area contributed by atoms with Crippen LogP contribution in [-0.4, -0.2) is 26.5 Å². The number of rotatable bonds is 4. The van der Waals surface area contributed by atoms with Gasteiger partial charge in [0, 0.05) is 0 Å². The Morgan fingerprint density at radius 1 is 1.50 bits per heavy atom. The minimum absolute atomic E-state index is 0.0261. The highest BCUT2D eigenvalue weighted by atomic mass is 32.2. The third-order valence-corrected chi connectivity index (χ3v) is 5.27. The lowest BCUT2D eigenvalue weighted by Gasteiger charge is -2.33. The maximum Gasteiger partial charge on any atom is 0.150 e. The molecule has 2 atom stereocenters. The van der Waals surface area contributed by atoms with Gasteiger partial charge in [0.1, 0.15) is 0 Å². The molecule has 1 fully saturated rings. The topological polar surface area (TPSA) is 60.2 Å². The molecular formula is C10H21NO2S. The first-order valence-electron chi connectivity index (χ1n) is 5.34. The zero-order valence-electron chi connectivity index (χ0n) is 9.12. The molecule has 1 rings (SSSR count). The summed E-state index contributed by atoms with van der Waals surface area (Å²) in [5.41, 5.74) is 5.79. The predicted molar refractivity (Wildman–Crippen MR) is 58.8 cm³/mol. The Hall–Kier alpha value is -0.0900. The summed E-state index contributed by atoms with van der Waals surface area (Å²) in [6.45, 7) is 4.85. The van der Waals surface area contributed by atoms with E-state index in [4.69, 9.17) is 5.73 Å². The van der Waals surface area contributed by atoms with Gasteiger partial charge in [-0.2, -0.15) is 0 Å². The van der Waals surface area contributed by atoms with Crippen molar-refractivity contribution in [2.45, 2.75) is 33.1 Å². The number of nitrogens with two attached hydrogens (primary N) is 1. The summed E-state index contributed by atoms with van der Waals surface area (Å²) in [5.74, 6) is 0.981. The molecule has 0 aromatic carbocycles. The quantitative estimate of drug-likeness (QED) is 0.772. The summed E-state index contributed by atoms with van der Waals surface area (Å²) >= 11 is 0. The van der Waals surface area contributed by atoms with E-state index in [2.05, 4.69) is 13.8 Å². The van der Waals surface area contributed by atoms with Crippen LogP contribution in [0, 0.1) is 11.3 Å². The Morgan fingerprint density at radius 3 is 2.50 bits per heavy atom. The van der Waals surface area contributed by atoms with Crippen molar-refractivity contribution in [2.75, 3.05) is 18.1 Å². The van der Waals surface area contributed by atoms with Gasteiger partial charge in [0.05, 0.1) is 11.5 Å². The molecule has 0 aromatic heterocycles. The molecule has 0 aromatic rings. The summed E-state index contributed by atoms with van der Waals surface area (Å²) < 4.78 is 22.7. The second-order valence-corrected chi connectivity index (χ2v) is 6.94. The van der Waals surface area contributed by atoms with Crippen molar-refractivity contribution in [3.63, 3.8) is 0 Å². The first-order valence-corrected chi connectivity index (χ1v) is 7.16. The smallest absolute Gasteiger partial charge is 0.150 e. The highest BCUT2D eigenvalue weighted by molar-refractivity contribution is 7.91. The largest absolute Gasteiger partial charge is 0.330 e. The van der Waals surface area contributed by atoms with Gasteiger partial charge in [0.25, 0.3) is 0 Å². The molecule has 0 radical (unpaired) electrons. The fourth-order valence-corrected chi connectivity index (χ4v) is 4.38. The third-order valence-electron chi connectivity index (χ3n) is 3.51. The van der Waals surface area contributed by atoms with Crippen LogP contribution in [0.2, 0.25) is 0 Å². The van der Waals surface area contributed by atoms with Crippen LogP contribution in [0.5, 0.6) is 0 Å². The summed E-state index contributed by atoms with van der Waals surface area (Å²) in [4.78, 5) is 0. The highest BCUT2D eigenvalue weighted by Gasteiger charge is 2.39. The summed E-state index contributed by atoms with van der Waals surface area (Å²) in [5, 5.41) is 0. The molecule has 0 saturated carbocycles. The van der Waals surface area contributed by atoms with Crippen molar-refractivity contribution in [2.24, 2.45) is 17.1 Å². The van der Waals surface area contributed by atoms with Crippen molar-refractivity contribution in [1.29, 1.82) is 0 Å². The first-order chi connectivity index (χ1) is 6.43. The Morgan fingerprint density at radius 2 is 2.14 bits per heavy atom. The molecule has 1 aliphatic heterocycles. The first kappa shape index (κ1) is 12.0. The lowest BCUT2D eigenvalue weighted by molar-refractivity contribution is 0.196. The molecule has 2 unspecified atom stereocenters. The molecule has 1 saturated heterocycles. The highest BCUT2D eigenvalue weighted by Crippen LogP contribution is 2.38. The minimum atomic E-state index is -2.76. The fraction of sp³-hybridized carbons (Fsp3) is 1.00. The Kier molecular flexibility index (Phi) is 3.58. The van der Waals surface area contributed by atoms with Crippen LogP contribution in [0.3, 0.4) is 0 Å². The van der Waals surface area contributed by atoms with Crippen LogP contribution in [0.4, 0.5) is 0 Å². The van der Waals surface area contributed by atoms with E-state index in [0.717, 1.165) is 19.3 Å². The summed E-state index contributed by atoms with van der Waals surface area (Å²) in [6, 6.07) is 0. The lowest BCUT2D eigenvalue weighted by atomic mass is 9.73.